The summed E-state index contributed by atoms with van der Waals surface area (Å²) in [6.07, 6.45) is 2.05. The summed E-state index contributed by atoms with van der Waals surface area (Å²) in [7, 11) is 5.09. The van der Waals surface area contributed by atoms with Gasteiger partial charge in [0.1, 0.15) is 6.54 Å². The maximum Gasteiger partial charge on any atom is 0.243 e. The van der Waals surface area contributed by atoms with Crippen molar-refractivity contribution in [2.45, 2.75) is 0 Å². The van der Waals surface area contributed by atoms with E-state index in [-0.39, 0.29) is 12.5 Å². The van der Waals surface area contributed by atoms with Gasteiger partial charge in [0.15, 0.2) is 5.96 Å². The van der Waals surface area contributed by atoms with Crippen molar-refractivity contribution in [3.8, 4) is 0 Å². The second kappa shape index (κ2) is 11.2. The summed E-state index contributed by atoms with van der Waals surface area (Å²) in [4.78, 5) is 17.2. The monoisotopic (exact) mass is 276 g/mol. The number of ether oxygens (including phenoxy) is 1. The fourth-order valence-electron chi connectivity index (χ4n) is 1.01. The van der Waals surface area contributed by atoms with Gasteiger partial charge in [-0.25, -0.2) is 4.99 Å². The van der Waals surface area contributed by atoms with Crippen LogP contribution in [0.3, 0.4) is 0 Å². The molecular formula is C11H24N4O2S. The Hall–Kier alpha value is -0.950. The molecule has 7 heteroatoms. The summed E-state index contributed by atoms with van der Waals surface area (Å²) < 4.78 is 4.96. The minimum atomic E-state index is -0.0206. The molecule has 0 aromatic rings. The Kier molecular flexibility index (Phi) is 10.6. The summed E-state index contributed by atoms with van der Waals surface area (Å²) in [5.41, 5.74) is 0. The number of methoxy groups -OCH3 is 1. The van der Waals surface area contributed by atoms with E-state index >= 15 is 0 Å². The van der Waals surface area contributed by atoms with Crippen LogP contribution < -0.4 is 10.6 Å². The van der Waals surface area contributed by atoms with Gasteiger partial charge in [0.2, 0.25) is 5.91 Å². The lowest BCUT2D eigenvalue weighted by Crippen LogP contribution is -2.40. The van der Waals surface area contributed by atoms with E-state index in [1.54, 1.807) is 33.0 Å². The number of hydrogen-bond acceptors (Lipinski definition) is 4. The zero-order valence-electron chi connectivity index (χ0n) is 11.7. The zero-order chi connectivity index (χ0) is 13.8. The first-order valence-electron chi connectivity index (χ1n) is 5.82. The van der Waals surface area contributed by atoms with E-state index in [2.05, 4.69) is 15.6 Å². The fourth-order valence-corrected chi connectivity index (χ4v) is 1.31. The van der Waals surface area contributed by atoms with E-state index in [1.807, 2.05) is 6.26 Å². The number of likely N-dealkylation sites (N-methyl/N-ethyl adjacent to an activating group) is 1. The number of guanidine groups is 1. The molecule has 0 aromatic carbocycles. The van der Waals surface area contributed by atoms with Crippen LogP contribution in [0.2, 0.25) is 0 Å². The number of amides is 1. The molecule has 1 amide bonds. The van der Waals surface area contributed by atoms with Crippen molar-refractivity contribution in [1.29, 1.82) is 0 Å². The number of carbonyl (C=O) groups excluding carboxylic acids is 1. The first kappa shape index (κ1) is 17.1. The molecule has 0 unspecified atom stereocenters. The Balaban J connectivity index is 4.16. The van der Waals surface area contributed by atoms with Crippen LogP contribution in [0.15, 0.2) is 4.99 Å². The molecule has 0 rings (SSSR count). The summed E-state index contributed by atoms with van der Waals surface area (Å²) in [6.45, 7) is 2.23. The molecule has 6 nitrogen and oxygen atoms in total. The van der Waals surface area contributed by atoms with Crippen LogP contribution in [0.1, 0.15) is 0 Å². The van der Waals surface area contributed by atoms with Crippen molar-refractivity contribution in [2.24, 2.45) is 4.99 Å². The predicted molar refractivity (Wildman–Crippen MR) is 77.3 cm³/mol. The van der Waals surface area contributed by atoms with Crippen molar-refractivity contribution in [1.82, 2.24) is 15.5 Å². The van der Waals surface area contributed by atoms with Gasteiger partial charge in [0.25, 0.3) is 0 Å². The van der Waals surface area contributed by atoms with Crippen LogP contribution in [0.25, 0.3) is 0 Å². The van der Waals surface area contributed by atoms with Gasteiger partial charge in [0, 0.05) is 40.0 Å². The molecule has 0 aliphatic rings. The third-order valence-corrected chi connectivity index (χ3v) is 2.68. The van der Waals surface area contributed by atoms with E-state index in [9.17, 15) is 4.79 Å². The SMILES string of the molecule is COCCNC(=NCC(=O)N(C)C)NCCSC. The third kappa shape index (κ3) is 9.12. The first-order chi connectivity index (χ1) is 8.61. The number of rotatable bonds is 8. The highest BCUT2D eigenvalue weighted by Gasteiger charge is 2.03. The molecule has 0 radical (unpaired) electrons. The van der Waals surface area contributed by atoms with Crippen LogP contribution in [0, 0.1) is 0 Å². The molecular weight excluding hydrogens is 252 g/mol. The highest BCUT2D eigenvalue weighted by Crippen LogP contribution is 1.87. The number of aliphatic imine (C=N–C) groups is 1. The molecule has 18 heavy (non-hydrogen) atoms. The Morgan fingerprint density at radius 2 is 2.00 bits per heavy atom. The topological polar surface area (TPSA) is 66.0 Å². The maximum atomic E-state index is 11.4. The number of nitrogens with one attached hydrogen (secondary N) is 2. The predicted octanol–water partition coefficient (Wildman–Crippen LogP) is -0.381. The van der Waals surface area contributed by atoms with Gasteiger partial charge < -0.3 is 20.3 Å². The summed E-state index contributed by atoms with van der Waals surface area (Å²) in [6, 6.07) is 0. The Morgan fingerprint density at radius 1 is 1.33 bits per heavy atom. The van der Waals surface area contributed by atoms with Crippen LogP contribution in [-0.4, -0.2) is 76.2 Å². The van der Waals surface area contributed by atoms with E-state index < -0.39 is 0 Å². The van der Waals surface area contributed by atoms with Gasteiger partial charge in [-0.3, -0.25) is 4.79 Å². The van der Waals surface area contributed by atoms with E-state index in [0.29, 0.717) is 19.1 Å². The second-order valence-corrected chi connectivity index (χ2v) is 4.78. The molecule has 0 saturated carbocycles. The molecule has 0 atom stereocenters. The van der Waals surface area contributed by atoms with Gasteiger partial charge in [-0.15, -0.1) is 0 Å². The largest absolute Gasteiger partial charge is 0.383 e. The van der Waals surface area contributed by atoms with Gasteiger partial charge in [-0.05, 0) is 6.26 Å². The van der Waals surface area contributed by atoms with Crippen LogP contribution in [0.5, 0.6) is 0 Å². The van der Waals surface area contributed by atoms with Crippen LogP contribution in [-0.2, 0) is 9.53 Å². The molecule has 0 saturated heterocycles. The number of hydrogen-bond donors (Lipinski definition) is 2. The van der Waals surface area contributed by atoms with Gasteiger partial charge in [0.05, 0.1) is 6.61 Å². The Labute approximate surface area is 114 Å². The Bertz CT molecular complexity index is 247. The highest BCUT2D eigenvalue weighted by atomic mass is 32.2. The first-order valence-corrected chi connectivity index (χ1v) is 7.21. The number of carbonyl (C=O) groups is 1. The molecule has 2 N–H and O–H groups in total. The highest BCUT2D eigenvalue weighted by molar-refractivity contribution is 7.98. The van der Waals surface area contributed by atoms with Crippen molar-refractivity contribution in [3.63, 3.8) is 0 Å². The molecule has 0 fully saturated rings. The molecule has 0 aromatic heterocycles. The average molecular weight is 276 g/mol. The normalized spacial score (nSPS) is 11.2. The molecule has 0 heterocycles. The lowest BCUT2D eigenvalue weighted by atomic mass is 10.5. The smallest absolute Gasteiger partial charge is 0.243 e. The number of thioether (sulfide) groups is 1. The lowest BCUT2D eigenvalue weighted by Gasteiger charge is -2.13. The molecule has 0 spiro atoms. The van der Waals surface area contributed by atoms with Crippen molar-refractivity contribution < 1.29 is 9.53 Å². The lowest BCUT2D eigenvalue weighted by molar-refractivity contribution is -0.127. The van der Waals surface area contributed by atoms with E-state index in [0.717, 1.165) is 12.3 Å². The van der Waals surface area contributed by atoms with Crippen molar-refractivity contribution >= 4 is 23.6 Å². The number of nitrogens with zero attached hydrogens (tertiary/aromatic N) is 2. The summed E-state index contributed by atoms with van der Waals surface area (Å²) >= 11 is 1.76. The van der Waals surface area contributed by atoms with Crippen LogP contribution >= 0.6 is 11.8 Å². The van der Waals surface area contributed by atoms with Gasteiger partial charge >= 0.3 is 0 Å². The van der Waals surface area contributed by atoms with Gasteiger partial charge in [-0.2, -0.15) is 11.8 Å². The standard InChI is InChI=1S/C11H24N4O2S/c1-15(2)10(16)9-14-11(12-5-7-17-3)13-6-8-18-4/h5-9H2,1-4H3,(H2,12,13,14). The summed E-state index contributed by atoms with van der Waals surface area (Å²) in [5, 5.41) is 6.27. The maximum absolute atomic E-state index is 11.4. The van der Waals surface area contributed by atoms with Crippen molar-refractivity contribution in [2.75, 3.05) is 59.5 Å². The molecule has 0 aliphatic carbocycles. The van der Waals surface area contributed by atoms with Crippen molar-refractivity contribution in [3.05, 3.63) is 0 Å². The average Bonchev–Trinajstić information content (AvgIpc) is 2.35. The minimum Gasteiger partial charge on any atom is -0.383 e. The molecule has 106 valence electrons. The van der Waals surface area contributed by atoms with Gasteiger partial charge in [-0.1, -0.05) is 0 Å². The van der Waals surface area contributed by atoms with E-state index in [4.69, 9.17) is 4.74 Å². The molecule has 0 bridgehead atoms. The zero-order valence-corrected chi connectivity index (χ0v) is 12.5. The Morgan fingerprint density at radius 3 is 2.56 bits per heavy atom. The quantitative estimate of drug-likeness (QED) is 0.359. The summed E-state index contributed by atoms with van der Waals surface area (Å²) in [5.74, 6) is 1.62. The fraction of sp³-hybridized carbons (Fsp3) is 0.818. The van der Waals surface area contributed by atoms with E-state index in [1.165, 1.54) is 4.90 Å². The second-order valence-electron chi connectivity index (χ2n) is 3.79. The third-order valence-electron chi connectivity index (χ3n) is 2.07. The van der Waals surface area contributed by atoms with Crippen LogP contribution in [0.4, 0.5) is 0 Å². The molecule has 0 aliphatic heterocycles. The minimum absolute atomic E-state index is 0.0206.